The van der Waals surface area contributed by atoms with E-state index in [2.05, 4.69) is 24.5 Å². The van der Waals surface area contributed by atoms with Gasteiger partial charge in [0.15, 0.2) is 0 Å². The summed E-state index contributed by atoms with van der Waals surface area (Å²) >= 11 is 0. The molecule has 0 atom stereocenters. The zero-order valence-electron chi connectivity index (χ0n) is 13.2. The second kappa shape index (κ2) is 9.10. The fourth-order valence-corrected chi connectivity index (χ4v) is 1.41. The van der Waals surface area contributed by atoms with E-state index < -0.39 is 30.0 Å². The summed E-state index contributed by atoms with van der Waals surface area (Å²) < 4.78 is 74.1. The molecule has 1 aromatic rings. The highest BCUT2D eigenvalue weighted by Gasteiger charge is 2.59. The summed E-state index contributed by atoms with van der Waals surface area (Å²) in [4.78, 5) is 10.5. The van der Waals surface area contributed by atoms with Gasteiger partial charge in [-0.1, -0.05) is 56.2 Å². The van der Waals surface area contributed by atoms with Crippen LogP contribution in [0.3, 0.4) is 0 Å². The minimum absolute atomic E-state index is 0.548. The van der Waals surface area contributed by atoms with Crippen molar-refractivity contribution >= 4 is 18.1 Å². The second-order valence-electron chi connectivity index (χ2n) is 4.69. The van der Waals surface area contributed by atoms with Crippen LogP contribution < -0.4 is 0 Å². The van der Waals surface area contributed by atoms with Crippen LogP contribution in [0.1, 0.15) is 18.1 Å². The first-order valence-electron chi connectivity index (χ1n) is 6.68. The van der Waals surface area contributed by atoms with Crippen LogP contribution >= 0.6 is 0 Å². The maximum absolute atomic E-state index is 11.8. The van der Waals surface area contributed by atoms with Gasteiger partial charge in [-0.05, 0) is 18.1 Å². The molecule has 0 amide bonds. The van der Waals surface area contributed by atoms with E-state index in [1.54, 1.807) is 0 Å². The fraction of sp³-hybridized carbons (Fsp3) is 0.235. The summed E-state index contributed by atoms with van der Waals surface area (Å²) in [6, 6.07) is 8.02. The Morgan fingerprint density at radius 3 is 1.60 bits per heavy atom. The summed E-state index contributed by atoms with van der Waals surface area (Å²) in [5.74, 6) is -1.74. The Balaban J connectivity index is 0.000000496. The number of benzene rings is 1. The molecule has 0 bridgehead atoms. The van der Waals surface area contributed by atoms with Crippen molar-refractivity contribution < 1.29 is 35.9 Å². The minimum Gasteiger partial charge on any atom is -0.439 e. The maximum Gasteiger partial charge on any atom is 0.434 e. The highest BCUT2D eigenvalue weighted by molar-refractivity contribution is 5.87. The average molecular weight is 366 g/mol. The third kappa shape index (κ3) is 7.73. The van der Waals surface area contributed by atoms with Gasteiger partial charge in [0.25, 0.3) is 6.10 Å². The third-order valence-electron chi connectivity index (χ3n) is 2.60. The molecule has 0 aliphatic rings. The van der Waals surface area contributed by atoms with Crippen molar-refractivity contribution in [1.29, 1.82) is 0 Å². The van der Waals surface area contributed by atoms with Crippen molar-refractivity contribution in [2.45, 2.75) is 25.4 Å². The zero-order valence-corrected chi connectivity index (χ0v) is 13.2. The lowest BCUT2D eigenvalue weighted by Crippen LogP contribution is -2.45. The van der Waals surface area contributed by atoms with Gasteiger partial charge in [-0.3, -0.25) is 0 Å². The molecule has 0 aliphatic carbocycles. The Morgan fingerprint density at radius 1 is 1.00 bits per heavy atom. The number of halogens is 6. The van der Waals surface area contributed by atoms with Crippen LogP contribution in [0.15, 0.2) is 49.6 Å². The van der Waals surface area contributed by atoms with E-state index in [0.29, 0.717) is 0 Å². The molecule has 138 valence electrons. The van der Waals surface area contributed by atoms with Crippen LogP contribution in [0.25, 0.3) is 12.2 Å². The topological polar surface area (TPSA) is 26.3 Å². The van der Waals surface area contributed by atoms with E-state index in [1.165, 1.54) is 0 Å². The predicted molar refractivity (Wildman–Crippen MR) is 83.4 cm³/mol. The summed E-state index contributed by atoms with van der Waals surface area (Å²) in [5.41, 5.74) is 1.73. The lowest BCUT2D eigenvalue weighted by atomic mass is 10.1. The van der Waals surface area contributed by atoms with Gasteiger partial charge in [-0.15, -0.1) is 0 Å². The quantitative estimate of drug-likeness (QED) is 0.396. The van der Waals surface area contributed by atoms with Crippen molar-refractivity contribution in [3.63, 3.8) is 0 Å². The maximum atomic E-state index is 11.8. The van der Waals surface area contributed by atoms with Gasteiger partial charge in [-0.2, -0.15) is 26.3 Å². The lowest BCUT2D eigenvalue weighted by Gasteiger charge is -2.22. The molecule has 0 heterocycles. The Hall–Kier alpha value is -2.51. The first-order valence-corrected chi connectivity index (χ1v) is 6.68. The molecule has 0 radical (unpaired) electrons. The smallest absolute Gasteiger partial charge is 0.434 e. The number of rotatable bonds is 4. The van der Waals surface area contributed by atoms with E-state index in [-0.39, 0.29) is 0 Å². The molecule has 0 unspecified atom stereocenters. The Morgan fingerprint density at radius 2 is 1.36 bits per heavy atom. The molecule has 0 fully saturated rings. The molecule has 0 aliphatic heterocycles. The van der Waals surface area contributed by atoms with Crippen LogP contribution in [-0.2, 0) is 9.53 Å². The number of carbonyl (C=O) groups excluding carboxylic acids is 1. The van der Waals surface area contributed by atoms with E-state index in [1.807, 2.05) is 36.4 Å². The molecule has 25 heavy (non-hydrogen) atoms. The highest BCUT2D eigenvalue weighted by Crippen LogP contribution is 2.35. The molecule has 0 saturated carbocycles. The summed E-state index contributed by atoms with van der Waals surface area (Å²) in [6.45, 7) is 11.2. The second-order valence-corrected chi connectivity index (χ2v) is 4.69. The van der Waals surface area contributed by atoms with Crippen LogP contribution in [0.5, 0.6) is 0 Å². The van der Waals surface area contributed by atoms with Crippen molar-refractivity contribution in [2.24, 2.45) is 0 Å². The van der Waals surface area contributed by atoms with Gasteiger partial charge in [0.05, 0.1) is 0 Å². The van der Waals surface area contributed by atoms with Gasteiger partial charge in [-0.25, -0.2) is 4.79 Å². The zero-order chi connectivity index (χ0) is 19.8. The fourth-order valence-electron chi connectivity index (χ4n) is 1.41. The number of alkyl halides is 6. The van der Waals surface area contributed by atoms with Gasteiger partial charge >= 0.3 is 18.3 Å². The van der Waals surface area contributed by atoms with E-state index in [4.69, 9.17) is 0 Å². The average Bonchev–Trinajstić information content (AvgIpc) is 2.50. The first kappa shape index (κ1) is 22.5. The van der Waals surface area contributed by atoms with Crippen LogP contribution in [0.4, 0.5) is 26.3 Å². The van der Waals surface area contributed by atoms with E-state index >= 15 is 0 Å². The molecule has 2 nitrogen and oxygen atoms in total. The standard InChI is InChI=1S/C10H10.C7H6F6O2/c1-3-9-7-5-6-8-10(9)4-2;1-3(2)4(14)15-5(6(8,9)10)7(11,12)13/h3-8H,1-2H2;5H,1H2,2H3. The van der Waals surface area contributed by atoms with Gasteiger partial charge in [0, 0.05) is 5.57 Å². The number of hydrogen-bond donors (Lipinski definition) is 0. The molecule has 0 N–H and O–H groups in total. The number of hydrogen-bond acceptors (Lipinski definition) is 2. The van der Waals surface area contributed by atoms with Crippen molar-refractivity contribution in [1.82, 2.24) is 0 Å². The lowest BCUT2D eigenvalue weighted by molar-refractivity contribution is -0.312. The highest BCUT2D eigenvalue weighted by atomic mass is 19.4. The van der Waals surface area contributed by atoms with E-state index in [9.17, 15) is 31.1 Å². The minimum atomic E-state index is -5.69. The molecular weight excluding hydrogens is 350 g/mol. The SMILES string of the molecule is C=C(C)C(=O)OC(C(F)(F)F)C(F)(F)F.C=Cc1ccccc1C=C. The normalized spacial score (nSPS) is 11.2. The number of esters is 1. The molecule has 0 saturated heterocycles. The van der Waals surface area contributed by atoms with Crippen molar-refractivity contribution in [3.8, 4) is 0 Å². The Labute approximate surface area is 141 Å². The molecule has 1 rings (SSSR count). The summed E-state index contributed by atoms with van der Waals surface area (Å²) in [7, 11) is 0. The molecule has 0 aromatic heterocycles. The molecule has 0 spiro atoms. The Kier molecular flexibility index (Phi) is 8.19. The van der Waals surface area contributed by atoms with E-state index in [0.717, 1.165) is 18.1 Å². The van der Waals surface area contributed by atoms with Crippen LogP contribution in [0, 0.1) is 0 Å². The van der Waals surface area contributed by atoms with Crippen LogP contribution in [-0.4, -0.2) is 24.4 Å². The predicted octanol–water partition coefficient (Wildman–Crippen LogP) is 5.57. The Bertz CT molecular complexity index is 588. The number of ether oxygens (including phenoxy) is 1. The molecular formula is C17H16F6O2. The van der Waals surface area contributed by atoms with Gasteiger partial charge in [0.2, 0.25) is 0 Å². The van der Waals surface area contributed by atoms with Crippen LogP contribution in [0.2, 0.25) is 0 Å². The van der Waals surface area contributed by atoms with Gasteiger partial charge in [0.1, 0.15) is 0 Å². The van der Waals surface area contributed by atoms with Crippen molar-refractivity contribution in [3.05, 3.63) is 60.7 Å². The summed E-state index contributed by atoms with van der Waals surface area (Å²) in [6.07, 6.45) is -11.8. The molecule has 1 aromatic carbocycles. The van der Waals surface area contributed by atoms with Gasteiger partial charge < -0.3 is 4.74 Å². The number of carbonyl (C=O) groups is 1. The first-order chi connectivity index (χ1) is 11.3. The third-order valence-corrected chi connectivity index (χ3v) is 2.60. The molecule has 8 heteroatoms. The van der Waals surface area contributed by atoms with Crippen molar-refractivity contribution in [2.75, 3.05) is 0 Å². The summed E-state index contributed by atoms with van der Waals surface area (Å²) in [5, 5.41) is 0. The monoisotopic (exact) mass is 366 g/mol. The largest absolute Gasteiger partial charge is 0.439 e.